The van der Waals surface area contributed by atoms with Gasteiger partial charge in [0.2, 0.25) is 0 Å². The lowest BCUT2D eigenvalue weighted by Crippen LogP contribution is -2.04. The van der Waals surface area contributed by atoms with Crippen molar-refractivity contribution in [3.63, 3.8) is 0 Å². The molecule has 0 atom stereocenters. The normalized spacial score (nSPS) is 16.8. The van der Waals surface area contributed by atoms with Gasteiger partial charge in [-0.2, -0.15) is 0 Å². The largest absolute Gasteiger partial charge is 0.481 e. The van der Waals surface area contributed by atoms with E-state index in [9.17, 15) is 9.59 Å². The third-order valence-corrected chi connectivity index (χ3v) is 1.62. The fraction of sp³-hybridized carbons (Fsp3) is 0.714. The molecule has 56 valence electrons. The van der Waals surface area contributed by atoms with Crippen LogP contribution in [0.4, 0.5) is 0 Å². The number of carboxylic acids is 1. The Morgan fingerprint density at radius 1 is 1.30 bits per heavy atom. The summed E-state index contributed by atoms with van der Waals surface area (Å²) < 4.78 is 0. The summed E-state index contributed by atoms with van der Waals surface area (Å²) in [6.07, 6.45) is 2.16. The van der Waals surface area contributed by atoms with Crippen LogP contribution in [0.1, 0.15) is 25.7 Å². The number of carbonyl (C=O) groups is 2. The Morgan fingerprint density at radius 3 is 2.30 bits per heavy atom. The summed E-state index contributed by atoms with van der Waals surface area (Å²) in [5.41, 5.74) is 0. The van der Waals surface area contributed by atoms with Gasteiger partial charge in [-0.05, 0) is 12.8 Å². The molecule has 0 spiro atoms. The van der Waals surface area contributed by atoms with E-state index >= 15 is 0 Å². The second-order valence-corrected chi connectivity index (χ2v) is 2.63. The maximum Gasteiger partial charge on any atom is 0.303 e. The Hall–Kier alpha value is -0.860. The van der Waals surface area contributed by atoms with E-state index in [1.807, 2.05) is 0 Å². The van der Waals surface area contributed by atoms with E-state index in [4.69, 9.17) is 5.11 Å². The number of rotatable bonds is 4. The van der Waals surface area contributed by atoms with Crippen LogP contribution < -0.4 is 0 Å². The number of hydrogen-bond acceptors (Lipinski definition) is 2. The number of Topliss-reactive ketones (excluding diaryl/α,β-unsaturated/α-hetero) is 1. The van der Waals surface area contributed by atoms with E-state index in [1.54, 1.807) is 0 Å². The van der Waals surface area contributed by atoms with Crippen LogP contribution in [0.2, 0.25) is 0 Å². The molecule has 1 aliphatic carbocycles. The van der Waals surface area contributed by atoms with Crippen molar-refractivity contribution in [2.75, 3.05) is 0 Å². The third-order valence-electron chi connectivity index (χ3n) is 1.62. The van der Waals surface area contributed by atoms with Crippen molar-refractivity contribution in [1.82, 2.24) is 0 Å². The SMILES string of the molecule is O=C(O)CCC(=O)C1CC1. The fourth-order valence-electron chi connectivity index (χ4n) is 0.840. The first kappa shape index (κ1) is 7.25. The molecule has 0 bridgehead atoms. The maximum absolute atomic E-state index is 10.8. The third kappa shape index (κ3) is 2.17. The molecule has 1 saturated carbocycles. The second kappa shape index (κ2) is 2.82. The van der Waals surface area contributed by atoms with Gasteiger partial charge >= 0.3 is 5.97 Å². The first-order chi connectivity index (χ1) is 4.70. The maximum atomic E-state index is 10.8. The first-order valence-electron chi connectivity index (χ1n) is 3.44. The van der Waals surface area contributed by atoms with Gasteiger partial charge in [-0.25, -0.2) is 0 Å². The molecule has 0 aromatic carbocycles. The molecule has 1 fully saturated rings. The summed E-state index contributed by atoms with van der Waals surface area (Å²) in [6.45, 7) is 0. The van der Waals surface area contributed by atoms with Gasteiger partial charge < -0.3 is 5.11 Å². The molecule has 0 unspecified atom stereocenters. The lowest BCUT2D eigenvalue weighted by Gasteiger charge is -1.92. The van der Waals surface area contributed by atoms with Gasteiger partial charge in [0.05, 0.1) is 6.42 Å². The van der Waals surface area contributed by atoms with Crippen molar-refractivity contribution < 1.29 is 14.7 Å². The van der Waals surface area contributed by atoms with E-state index in [-0.39, 0.29) is 24.5 Å². The topological polar surface area (TPSA) is 54.4 Å². The summed E-state index contributed by atoms with van der Waals surface area (Å²) in [4.78, 5) is 20.8. The van der Waals surface area contributed by atoms with Crippen LogP contribution in [0.5, 0.6) is 0 Å². The smallest absolute Gasteiger partial charge is 0.303 e. The zero-order valence-electron chi connectivity index (χ0n) is 5.67. The van der Waals surface area contributed by atoms with Gasteiger partial charge in [-0.3, -0.25) is 9.59 Å². The van der Waals surface area contributed by atoms with Gasteiger partial charge in [0, 0.05) is 12.3 Å². The number of aliphatic carboxylic acids is 1. The Bertz CT molecular complexity index is 158. The van der Waals surface area contributed by atoms with E-state index < -0.39 is 5.97 Å². The van der Waals surface area contributed by atoms with Crippen molar-refractivity contribution >= 4 is 11.8 Å². The van der Waals surface area contributed by atoms with Gasteiger partial charge in [0.15, 0.2) is 0 Å². The molecule has 1 rings (SSSR count). The van der Waals surface area contributed by atoms with Crippen LogP contribution in [-0.2, 0) is 9.59 Å². The Balaban J connectivity index is 2.12. The first-order valence-corrected chi connectivity index (χ1v) is 3.44. The van der Waals surface area contributed by atoms with Crippen LogP contribution >= 0.6 is 0 Å². The molecule has 0 aromatic heterocycles. The monoisotopic (exact) mass is 142 g/mol. The van der Waals surface area contributed by atoms with Crippen LogP contribution in [-0.4, -0.2) is 16.9 Å². The molecule has 3 nitrogen and oxygen atoms in total. The van der Waals surface area contributed by atoms with Crippen molar-refractivity contribution in [3.05, 3.63) is 0 Å². The Morgan fingerprint density at radius 2 is 1.90 bits per heavy atom. The molecule has 0 aliphatic heterocycles. The van der Waals surface area contributed by atoms with Crippen LogP contribution in [0.15, 0.2) is 0 Å². The summed E-state index contributed by atoms with van der Waals surface area (Å²) in [6, 6.07) is 0. The molecule has 10 heavy (non-hydrogen) atoms. The highest BCUT2D eigenvalue weighted by Crippen LogP contribution is 2.31. The minimum atomic E-state index is -0.881. The molecule has 0 heterocycles. The zero-order chi connectivity index (χ0) is 7.56. The number of hydrogen-bond donors (Lipinski definition) is 1. The van der Waals surface area contributed by atoms with Gasteiger partial charge in [-0.15, -0.1) is 0 Å². The summed E-state index contributed by atoms with van der Waals surface area (Å²) in [7, 11) is 0. The zero-order valence-corrected chi connectivity index (χ0v) is 5.67. The molecule has 0 aromatic rings. The van der Waals surface area contributed by atoms with E-state index in [1.165, 1.54) is 0 Å². The summed E-state index contributed by atoms with van der Waals surface area (Å²) in [5, 5.41) is 8.21. The summed E-state index contributed by atoms with van der Waals surface area (Å²) in [5.74, 6) is -0.546. The molecular formula is C7H10O3. The average molecular weight is 142 g/mol. The van der Waals surface area contributed by atoms with Crippen LogP contribution in [0, 0.1) is 5.92 Å². The predicted octanol–water partition coefficient (Wildman–Crippen LogP) is 0.830. The minimum Gasteiger partial charge on any atom is -0.481 e. The van der Waals surface area contributed by atoms with Crippen molar-refractivity contribution in [3.8, 4) is 0 Å². The molecular weight excluding hydrogens is 132 g/mol. The molecule has 0 amide bonds. The second-order valence-electron chi connectivity index (χ2n) is 2.63. The van der Waals surface area contributed by atoms with Crippen molar-refractivity contribution in [2.24, 2.45) is 5.92 Å². The Kier molecular flexibility index (Phi) is 2.04. The standard InChI is InChI=1S/C7H10O3/c8-6(5-1-2-5)3-4-7(9)10/h5H,1-4H2,(H,9,10). The predicted molar refractivity (Wildman–Crippen MR) is 34.6 cm³/mol. The summed E-state index contributed by atoms with van der Waals surface area (Å²) >= 11 is 0. The van der Waals surface area contributed by atoms with Crippen molar-refractivity contribution in [1.29, 1.82) is 0 Å². The van der Waals surface area contributed by atoms with Gasteiger partial charge in [0.1, 0.15) is 5.78 Å². The highest BCUT2D eigenvalue weighted by Gasteiger charge is 2.28. The lowest BCUT2D eigenvalue weighted by molar-refractivity contribution is -0.138. The van der Waals surface area contributed by atoms with Crippen LogP contribution in [0.3, 0.4) is 0 Å². The Labute approximate surface area is 59.0 Å². The molecule has 0 saturated heterocycles. The molecule has 3 heteroatoms. The van der Waals surface area contributed by atoms with E-state index in [0.717, 1.165) is 12.8 Å². The van der Waals surface area contributed by atoms with Crippen LogP contribution in [0.25, 0.3) is 0 Å². The van der Waals surface area contributed by atoms with Crippen molar-refractivity contribution in [2.45, 2.75) is 25.7 Å². The molecule has 1 aliphatic rings. The van der Waals surface area contributed by atoms with Gasteiger partial charge in [-0.1, -0.05) is 0 Å². The highest BCUT2D eigenvalue weighted by molar-refractivity contribution is 5.85. The van der Waals surface area contributed by atoms with E-state index in [2.05, 4.69) is 0 Å². The fourth-order valence-corrected chi connectivity index (χ4v) is 0.840. The quantitative estimate of drug-likeness (QED) is 0.632. The number of carbonyl (C=O) groups excluding carboxylic acids is 1. The highest BCUT2D eigenvalue weighted by atomic mass is 16.4. The lowest BCUT2D eigenvalue weighted by atomic mass is 10.1. The number of carboxylic acid groups (broad SMARTS) is 1. The van der Waals surface area contributed by atoms with Gasteiger partial charge in [0.25, 0.3) is 0 Å². The molecule has 1 N–H and O–H groups in total. The number of ketones is 1. The van der Waals surface area contributed by atoms with E-state index in [0.29, 0.717) is 0 Å². The average Bonchev–Trinajstić information content (AvgIpc) is 2.63. The molecule has 0 radical (unpaired) electrons. The minimum absolute atomic E-state index is 0.00463.